The summed E-state index contributed by atoms with van der Waals surface area (Å²) in [4.78, 5) is 0. The molecule has 0 N–H and O–H groups in total. The minimum Gasteiger partial charge on any atom is -0.462 e. The first kappa shape index (κ1) is 16.0. The summed E-state index contributed by atoms with van der Waals surface area (Å²) in [6.45, 7) is 6.44. The highest BCUT2D eigenvalue weighted by atomic mass is 16.3. The molecule has 126 valence electrons. The summed E-state index contributed by atoms with van der Waals surface area (Å²) in [7, 11) is 0. The van der Waals surface area contributed by atoms with Crippen molar-refractivity contribution in [3.63, 3.8) is 0 Å². The van der Waals surface area contributed by atoms with E-state index in [9.17, 15) is 0 Å². The monoisotopic (exact) mass is 328 g/mol. The molecule has 2 aromatic carbocycles. The van der Waals surface area contributed by atoms with E-state index in [1.165, 1.54) is 39.0 Å². The van der Waals surface area contributed by atoms with Crippen LogP contribution in [0.5, 0.6) is 0 Å². The Morgan fingerprint density at radius 1 is 0.880 bits per heavy atom. The van der Waals surface area contributed by atoms with E-state index in [1.807, 2.05) is 13.0 Å². The maximum absolute atomic E-state index is 5.86. The molecule has 25 heavy (non-hydrogen) atoms. The molecule has 1 aromatic heterocycles. The number of furan rings is 1. The first-order valence-corrected chi connectivity index (χ1v) is 9.21. The largest absolute Gasteiger partial charge is 0.462 e. The lowest BCUT2D eigenvalue weighted by Crippen LogP contribution is -1.94. The highest BCUT2D eigenvalue weighted by molar-refractivity contribution is 5.93. The predicted molar refractivity (Wildman–Crippen MR) is 106 cm³/mol. The van der Waals surface area contributed by atoms with Crippen molar-refractivity contribution in [1.29, 1.82) is 0 Å². The Morgan fingerprint density at radius 2 is 1.68 bits per heavy atom. The molecule has 1 nitrogen and oxygen atoms in total. The van der Waals surface area contributed by atoms with Crippen LogP contribution in [0.1, 0.15) is 47.6 Å². The quantitative estimate of drug-likeness (QED) is 0.534. The summed E-state index contributed by atoms with van der Waals surface area (Å²) in [5.41, 5.74) is 9.55. The van der Waals surface area contributed by atoms with Gasteiger partial charge in [-0.1, -0.05) is 50.2 Å². The van der Waals surface area contributed by atoms with Gasteiger partial charge in [0.1, 0.15) is 11.5 Å². The summed E-state index contributed by atoms with van der Waals surface area (Å²) >= 11 is 0. The van der Waals surface area contributed by atoms with Crippen LogP contribution in [0.3, 0.4) is 0 Å². The Bertz CT molecular complexity index is 939. The van der Waals surface area contributed by atoms with Crippen LogP contribution in [0.25, 0.3) is 22.8 Å². The van der Waals surface area contributed by atoms with Crippen LogP contribution < -0.4 is 0 Å². The Balaban J connectivity index is 1.84. The highest BCUT2D eigenvalue weighted by Gasteiger charge is 2.21. The lowest BCUT2D eigenvalue weighted by Gasteiger charge is -2.14. The molecule has 3 aromatic rings. The van der Waals surface area contributed by atoms with Crippen molar-refractivity contribution < 1.29 is 4.42 Å². The number of allylic oxidation sites excluding steroid dienone is 1. The molecule has 0 bridgehead atoms. The second-order valence-corrected chi connectivity index (χ2v) is 6.83. The number of hydrogen-bond acceptors (Lipinski definition) is 1. The lowest BCUT2D eigenvalue weighted by molar-refractivity contribution is 0.521. The van der Waals surface area contributed by atoms with Crippen LogP contribution in [0, 0.1) is 6.92 Å². The Hall–Kier alpha value is -2.54. The topological polar surface area (TPSA) is 13.1 Å². The maximum Gasteiger partial charge on any atom is 0.130 e. The van der Waals surface area contributed by atoms with Crippen molar-refractivity contribution in [1.82, 2.24) is 0 Å². The molecule has 0 saturated heterocycles. The zero-order valence-electron chi connectivity index (χ0n) is 15.2. The van der Waals surface area contributed by atoms with Gasteiger partial charge in [-0.2, -0.15) is 0 Å². The average Bonchev–Trinajstić information content (AvgIpc) is 3.26. The Kier molecular flexibility index (Phi) is 4.09. The normalized spacial score (nSPS) is 13.0. The molecule has 0 saturated carbocycles. The van der Waals surface area contributed by atoms with Gasteiger partial charge in [0, 0.05) is 6.42 Å². The van der Waals surface area contributed by atoms with Crippen molar-refractivity contribution in [3.8, 4) is 11.1 Å². The first-order valence-electron chi connectivity index (χ1n) is 9.21. The van der Waals surface area contributed by atoms with Gasteiger partial charge < -0.3 is 4.42 Å². The van der Waals surface area contributed by atoms with E-state index in [0.29, 0.717) is 0 Å². The molecule has 1 heterocycles. The molecule has 0 amide bonds. The fraction of sp³-hybridized carbons (Fsp3) is 0.250. The Morgan fingerprint density at radius 3 is 2.32 bits per heavy atom. The van der Waals surface area contributed by atoms with Gasteiger partial charge in [0.25, 0.3) is 0 Å². The van der Waals surface area contributed by atoms with Crippen LogP contribution in [-0.4, -0.2) is 0 Å². The van der Waals surface area contributed by atoms with Gasteiger partial charge in [-0.15, -0.1) is 0 Å². The molecule has 0 unspecified atom stereocenters. The SMILES string of the molecule is CCc1ccc(-c2c(CC)ccc3c2C=C(c2ccc(C)o2)C3)cc1. The molecule has 0 fully saturated rings. The average molecular weight is 328 g/mol. The zero-order chi connectivity index (χ0) is 17.4. The fourth-order valence-electron chi connectivity index (χ4n) is 3.77. The van der Waals surface area contributed by atoms with Crippen molar-refractivity contribution in [3.05, 3.63) is 82.3 Å². The molecule has 0 spiro atoms. The number of benzene rings is 2. The second-order valence-electron chi connectivity index (χ2n) is 6.83. The van der Waals surface area contributed by atoms with E-state index in [4.69, 9.17) is 4.42 Å². The smallest absolute Gasteiger partial charge is 0.130 e. The summed E-state index contributed by atoms with van der Waals surface area (Å²) < 4.78 is 5.86. The molecule has 1 aliphatic carbocycles. The zero-order valence-corrected chi connectivity index (χ0v) is 15.2. The lowest BCUT2D eigenvalue weighted by atomic mass is 9.90. The second kappa shape index (κ2) is 6.40. The van der Waals surface area contributed by atoms with Gasteiger partial charge in [0.05, 0.1) is 0 Å². The third-order valence-electron chi connectivity index (χ3n) is 5.21. The number of rotatable bonds is 4. The summed E-state index contributed by atoms with van der Waals surface area (Å²) in [6.07, 6.45) is 5.40. The van der Waals surface area contributed by atoms with E-state index in [1.54, 1.807) is 0 Å². The Labute approximate surface area is 150 Å². The molecule has 0 radical (unpaired) electrons. The molecule has 0 aliphatic heterocycles. The molecule has 1 aliphatic rings. The fourth-order valence-corrected chi connectivity index (χ4v) is 3.77. The maximum atomic E-state index is 5.86. The van der Waals surface area contributed by atoms with Gasteiger partial charge in [-0.3, -0.25) is 0 Å². The minimum atomic E-state index is 0.951. The van der Waals surface area contributed by atoms with E-state index in [0.717, 1.165) is 30.8 Å². The summed E-state index contributed by atoms with van der Waals surface area (Å²) in [6, 6.07) is 17.8. The van der Waals surface area contributed by atoms with Crippen LogP contribution in [-0.2, 0) is 19.3 Å². The van der Waals surface area contributed by atoms with Gasteiger partial charge in [0.2, 0.25) is 0 Å². The van der Waals surface area contributed by atoms with Crippen molar-refractivity contribution in [2.45, 2.75) is 40.0 Å². The summed E-state index contributed by atoms with van der Waals surface area (Å²) in [5, 5.41) is 0. The van der Waals surface area contributed by atoms with Crippen molar-refractivity contribution >= 4 is 11.6 Å². The molecular formula is C24H24O. The first-order chi connectivity index (χ1) is 12.2. The molecule has 4 rings (SSSR count). The van der Waals surface area contributed by atoms with Crippen LogP contribution in [0.15, 0.2) is 52.9 Å². The number of hydrogen-bond donors (Lipinski definition) is 0. The predicted octanol–water partition coefficient (Wildman–Crippen LogP) is 6.48. The van der Waals surface area contributed by atoms with Crippen molar-refractivity contribution in [2.75, 3.05) is 0 Å². The molecule has 0 atom stereocenters. The molecular weight excluding hydrogens is 304 g/mol. The van der Waals surface area contributed by atoms with Gasteiger partial charge >= 0.3 is 0 Å². The van der Waals surface area contributed by atoms with Gasteiger partial charge in [0.15, 0.2) is 0 Å². The molecule has 1 heteroatoms. The van der Waals surface area contributed by atoms with Gasteiger partial charge in [-0.05, 0) is 76.9 Å². The van der Waals surface area contributed by atoms with Gasteiger partial charge in [-0.25, -0.2) is 0 Å². The number of aryl methyl sites for hydroxylation is 3. The van der Waals surface area contributed by atoms with E-state index in [2.05, 4.69) is 62.4 Å². The van der Waals surface area contributed by atoms with E-state index < -0.39 is 0 Å². The van der Waals surface area contributed by atoms with Crippen LogP contribution >= 0.6 is 0 Å². The standard InChI is InChI=1S/C24H24O/c1-4-17-7-9-19(10-8-17)24-18(5-2)11-12-20-14-21(15-22(20)24)23-13-6-16(3)25-23/h6-13,15H,4-5,14H2,1-3H3. The van der Waals surface area contributed by atoms with E-state index >= 15 is 0 Å². The number of fused-ring (bicyclic) bond motifs is 1. The summed E-state index contributed by atoms with van der Waals surface area (Å²) in [5.74, 6) is 1.97. The van der Waals surface area contributed by atoms with Crippen molar-refractivity contribution in [2.24, 2.45) is 0 Å². The van der Waals surface area contributed by atoms with Crippen LogP contribution in [0.4, 0.5) is 0 Å². The highest BCUT2D eigenvalue weighted by Crippen LogP contribution is 2.40. The third-order valence-corrected chi connectivity index (χ3v) is 5.21. The minimum absolute atomic E-state index is 0.951. The van der Waals surface area contributed by atoms with E-state index in [-0.39, 0.29) is 0 Å². The van der Waals surface area contributed by atoms with Crippen LogP contribution in [0.2, 0.25) is 0 Å². The third kappa shape index (κ3) is 2.84.